The van der Waals surface area contributed by atoms with Crippen molar-refractivity contribution in [3.8, 4) is 11.1 Å². The first kappa shape index (κ1) is 13.3. The smallest absolute Gasteiger partial charge is 0.159 e. The van der Waals surface area contributed by atoms with Gasteiger partial charge in [0.1, 0.15) is 0 Å². The summed E-state index contributed by atoms with van der Waals surface area (Å²) in [6.07, 6.45) is 3.88. The summed E-state index contributed by atoms with van der Waals surface area (Å²) in [5.41, 5.74) is 4.08. The van der Waals surface area contributed by atoms with Gasteiger partial charge < -0.3 is 0 Å². The topological polar surface area (TPSA) is 34.9 Å². The first-order valence-corrected chi connectivity index (χ1v) is 6.90. The maximum absolute atomic E-state index is 11.3. The Balaban J connectivity index is 1.80. The quantitative estimate of drug-likeness (QED) is 0.679. The van der Waals surface area contributed by atoms with Crippen LogP contribution in [0.15, 0.2) is 67.0 Å². The summed E-state index contributed by atoms with van der Waals surface area (Å²) in [4.78, 5) is 11.3. The number of carbonyl (C=O) groups excluding carboxylic acids is 1. The monoisotopic (exact) mass is 276 g/mol. The molecular weight excluding hydrogens is 260 g/mol. The number of nitrogens with zero attached hydrogens (tertiary/aromatic N) is 2. The average molecular weight is 276 g/mol. The Morgan fingerprint density at radius 1 is 1.00 bits per heavy atom. The zero-order valence-corrected chi connectivity index (χ0v) is 11.9. The molecule has 1 heterocycles. The Bertz CT molecular complexity index is 742. The molecule has 0 atom stereocenters. The van der Waals surface area contributed by atoms with Crippen LogP contribution in [0.3, 0.4) is 0 Å². The van der Waals surface area contributed by atoms with E-state index in [0.717, 1.165) is 23.2 Å². The third-order valence-electron chi connectivity index (χ3n) is 3.45. The van der Waals surface area contributed by atoms with Crippen LogP contribution < -0.4 is 0 Å². The largest absolute Gasteiger partial charge is 0.295 e. The van der Waals surface area contributed by atoms with Gasteiger partial charge in [-0.1, -0.05) is 54.6 Å². The van der Waals surface area contributed by atoms with Crippen molar-refractivity contribution in [2.75, 3.05) is 0 Å². The minimum atomic E-state index is 0.0846. The molecule has 0 N–H and O–H groups in total. The lowest BCUT2D eigenvalue weighted by Gasteiger charge is -2.01. The number of hydrogen-bond donors (Lipinski definition) is 0. The highest BCUT2D eigenvalue weighted by Crippen LogP contribution is 2.19. The van der Waals surface area contributed by atoms with Crippen LogP contribution >= 0.6 is 0 Å². The molecule has 3 nitrogen and oxygen atoms in total. The van der Waals surface area contributed by atoms with Crippen molar-refractivity contribution < 1.29 is 4.79 Å². The molecule has 104 valence electrons. The lowest BCUT2D eigenvalue weighted by Crippen LogP contribution is -1.99. The number of ketones is 1. The van der Waals surface area contributed by atoms with Crippen molar-refractivity contribution in [1.82, 2.24) is 9.78 Å². The first-order valence-electron chi connectivity index (χ1n) is 6.90. The summed E-state index contributed by atoms with van der Waals surface area (Å²) >= 11 is 0. The van der Waals surface area contributed by atoms with E-state index >= 15 is 0 Å². The maximum atomic E-state index is 11.3. The molecule has 1 aromatic heterocycles. The fraction of sp³-hybridized carbons (Fsp3) is 0.111. The van der Waals surface area contributed by atoms with E-state index in [1.165, 1.54) is 5.56 Å². The Hall–Kier alpha value is -2.68. The molecule has 0 unspecified atom stereocenters. The normalized spacial score (nSPS) is 10.5. The fourth-order valence-corrected chi connectivity index (χ4v) is 2.27. The molecule has 0 saturated carbocycles. The standard InChI is InChI=1S/C18H16N2O/c1-14(21)16-7-9-17(10-8-16)18-11-19-20(13-18)12-15-5-3-2-4-6-15/h2-11,13H,12H2,1H3. The summed E-state index contributed by atoms with van der Waals surface area (Å²) in [5, 5.41) is 4.40. The number of aromatic nitrogens is 2. The van der Waals surface area contributed by atoms with Crippen LogP contribution in [0.1, 0.15) is 22.8 Å². The van der Waals surface area contributed by atoms with Crippen molar-refractivity contribution in [3.05, 3.63) is 78.1 Å². The molecule has 0 aliphatic heterocycles. The highest BCUT2D eigenvalue weighted by Gasteiger charge is 2.04. The van der Waals surface area contributed by atoms with Gasteiger partial charge in [0.25, 0.3) is 0 Å². The molecule has 0 aliphatic carbocycles. The van der Waals surface area contributed by atoms with E-state index in [-0.39, 0.29) is 5.78 Å². The Kier molecular flexibility index (Phi) is 3.65. The predicted molar refractivity (Wildman–Crippen MR) is 83.2 cm³/mol. The number of benzene rings is 2. The number of Topliss-reactive ketones (excluding diaryl/α,β-unsaturated/α-hetero) is 1. The highest BCUT2D eigenvalue weighted by molar-refractivity contribution is 5.94. The van der Waals surface area contributed by atoms with Crippen LogP contribution in [0.2, 0.25) is 0 Å². The zero-order valence-electron chi connectivity index (χ0n) is 11.9. The second-order valence-electron chi connectivity index (χ2n) is 5.05. The predicted octanol–water partition coefficient (Wildman–Crippen LogP) is 3.80. The van der Waals surface area contributed by atoms with Crippen molar-refractivity contribution >= 4 is 5.78 Å². The van der Waals surface area contributed by atoms with Gasteiger partial charge in [0.15, 0.2) is 5.78 Å². The third-order valence-corrected chi connectivity index (χ3v) is 3.45. The van der Waals surface area contributed by atoms with Crippen molar-refractivity contribution in [3.63, 3.8) is 0 Å². The van der Waals surface area contributed by atoms with E-state index in [2.05, 4.69) is 17.2 Å². The molecule has 0 saturated heterocycles. The maximum Gasteiger partial charge on any atom is 0.159 e. The number of hydrogen-bond acceptors (Lipinski definition) is 2. The first-order chi connectivity index (χ1) is 10.2. The van der Waals surface area contributed by atoms with E-state index < -0.39 is 0 Å². The second kappa shape index (κ2) is 5.75. The van der Waals surface area contributed by atoms with Gasteiger partial charge in [-0.2, -0.15) is 5.10 Å². The summed E-state index contributed by atoms with van der Waals surface area (Å²) in [6, 6.07) is 17.9. The van der Waals surface area contributed by atoms with Gasteiger partial charge in [-0.15, -0.1) is 0 Å². The minimum Gasteiger partial charge on any atom is -0.295 e. The summed E-state index contributed by atoms with van der Waals surface area (Å²) < 4.78 is 1.92. The van der Waals surface area contributed by atoms with Crippen LogP contribution in [0.5, 0.6) is 0 Å². The summed E-state index contributed by atoms with van der Waals surface area (Å²) in [5.74, 6) is 0.0846. The van der Waals surface area contributed by atoms with Crippen LogP contribution in [0.4, 0.5) is 0 Å². The van der Waals surface area contributed by atoms with Gasteiger partial charge in [0, 0.05) is 17.3 Å². The Morgan fingerprint density at radius 2 is 1.71 bits per heavy atom. The Labute approximate surface area is 123 Å². The molecular formula is C18H16N2O. The van der Waals surface area contributed by atoms with Gasteiger partial charge in [-0.25, -0.2) is 0 Å². The lowest BCUT2D eigenvalue weighted by atomic mass is 10.1. The average Bonchev–Trinajstić information content (AvgIpc) is 2.97. The second-order valence-corrected chi connectivity index (χ2v) is 5.05. The van der Waals surface area contributed by atoms with Gasteiger partial charge in [0.2, 0.25) is 0 Å². The van der Waals surface area contributed by atoms with E-state index in [1.807, 2.05) is 59.5 Å². The molecule has 0 spiro atoms. The van der Waals surface area contributed by atoms with E-state index in [4.69, 9.17) is 0 Å². The van der Waals surface area contributed by atoms with Crippen molar-refractivity contribution in [2.45, 2.75) is 13.5 Å². The summed E-state index contributed by atoms with van der Waals surface area (Å²) in [7, 11) is 0. The van der Waals surface area contributed by atoms with Crippen molar-refractivity contribution in [2.24, 2.45) is 0 Å². The highest BCUT2D eigenvalue weighted by atomic mass is 16.1. The molecule has 3 rings (SSSR count). The van der Waals surface area contributed by atoms with Crippen molar-refractivity contribution in [1.29, 1.82) is 0 Å². The zero-order chi connectivity index (χ0) is 14.7. The van der Waals surface area contributed by atoms with Crippen LogP contribution in [0.25, 0.3) is 11.1 Å². The molecule has 3 heteroatoms. The molecule has 0 radical (unpaired) electrons. The number of carbonyl (C=O) groups is 1. The summed E-state index contributed by atoms with van der Waals surface area (Å²) in [6.45, 7) is 2.33. The molecule has 0 amide bonds. The molecule has 3 aromatic rings. The van der Waals surface area contributed by atoms with Gasteiger partial charge in [-0.3, -0.25) is 9.48 Å². The van der Waals surface area contributed by atoms with Crippen LogP contribution in [0, 0.1) is 0 Å². The third kappa shape index (κ3) is 3.08. The minimum absolute atomic E-state index is 0.0846. The molecule has 0 fully saturated rings. The van der Waals surface area contributed by atoms with E-state index in [9.17, 15) is 4.79 Å². The van der Waals surface area contributed by atoms with E-state index in [1.54, 1.807) is 6.92 Å². The van der Waals surface area contributed by atoms with Crippen LogP contribution in [-0.4, -0.2) is 15.6 Å². The van der Waals surface area contributed by atoms with Gasteiger partial charge in [-0.05, 0) is 18.1 Å². The Morgan fingerprint density at radius 3 is 2.38 bits per heavy atom. The fourth-order valence-electron chi connectivity index (χ4n) is 2.27. The molecule has 0 bridgehead atoms. The number of rotatable bonds is 4. The van der Waals surface area contributed by atoms with Crippen LogP contribution in [-0.2, 0) is 6.54 Å². The SMILES string of the molecule is CC(=O)c1ccc(-c2cnn(Cc3ccccc3)c2)cc1. The molecule has 21 heavy (non-hydrogen) atoms. The van der Waals surface area contributed by atoms with Gasteiger partial charge >= 0.3 is 0 Å². The van der Waals surface area contributed by atoms with E-state index in [0.29, 0.717) is 0 Å². The van der Waals surface area contributed by atoms with Gasteiger partial charge in [0.05, 0.1) is 12.7 Å². The lowest BCUT2D eigenvalue weighted by molar-refractivity contribution is 0.101. The molecule has 2 aromatic carbocycles. The molecule has 0 aliphatic rings.